The summed E-state index contributed by atoms with van der Waals surface area (Å²) in [6.07, 6.45) is 4.46. The molecule has 20 heavy (non-hydrogen) atoms. The zero-order valence-electron chi connectivity index (χ0n) is 12.1. The van der Waals surface area contributed by atoms with E-state index in [0.717, 1.165) is 30.1 Å². The lowest BCUT2D eigenvalue weighted by molar-refractivity contribution is 0.594. The fraction of sp³-hybridized carbons (Fsp3) is 0.353. The molecule has 106 valence electrons. The first kappa shape index (κ1) is 15.0. The van der Waals surface area contributed by atoms with Crippen LogP contribution < -0.4 is 5.32 Å². The highest BCUT2D eigenvalue weighted by Crippen LogP contribution is 2.24. The largest absolute Gasteiger partial charge is 0.316 e. The summed E-state index contributed by atoms with van der Waals surface area (Å²) in [6.45, 7) is 6.20. The summed E-state index contributed by atoms with van der Waals surface area (Å²) in [5.41, 5.74) is 3.81. The van der Waals surface area contributed by atoms with Crippen LogP contribution in [0.2, 0.25) is 5.02 Å². The maximum absolute atomic E-state index is 6.24. The lowest BCUT2D eigenvalue weighted by Gasteiger charge is -2.19. The highest BCUT2D eigenvalue weighted by atomic mass is 35.5. The first-order valence-corrected chi connectivity index (χ1v) is 7.44. The molecule has 1 aromatic heterocycles. The zero-order valence-corrected chi connectivity index (χ0v) is 12.8. The van der Waals surface area contributed by atoms with Gasteiger partial charge in [0.25, 0.3) is 0 Å². The topological polar surface area (TPSA) is 24.9 Å². The number of benzene rings is 1. The molecule has 0 amide bonds. The standard InChI is InChI=1S/C17H21ClN2/c1-3-19-11-16(14-6-4-5-13(2)9-14)10-15-7-8-20-12-17(15)18/h4-9,12,16,19H,3,10-11H2,1-2H3. The van der Waals surface area contributed by atoms with Gasteiger partial charge in [0.2, 0.25) is 0 Å². The molecule has 0 fully saturated rings. The molecule has 0 spiro atoms. The van der Waals surface area contributed by atoms with E-state index in [9.17, 15) is 0 Å². The Morgan fingerprint density at radius 3 is 2.85 bits per heavy atom. The molecular weight excluding hydrogens is 268 g/mol. The maximum Gasteiger partial charge on any atom is 0.0621 e. The van der Waals surface area contributed by atoms with Gasteiger partial charge in [-0.1, -0.05) is 48.4 Å². The molecule has 0 aliphatic heterocycles. The molecule has 0 saturated carbocycles. The molecule has 2 aromatic rings. The normalized spacial score (nSPS) is 12.3. The van der Waals surface area contributed by atoms with Crippen molar-refractivity contribution in [2.75, 3.05) is 13.1 Å². The number of nitrogens with one attached hydrogen (secondary N) is 1. The van der Waals surface area contributed by atoms with Crippen LogP contribution in [0.15, 0.2) is 42.7 Å². The predicted octanol–water partition coefficient (Wildman–Crippen LogP) is 3.98. The van der Waals surface area contributed by atoms with Crippen LogP contribution in [0.25, 0.3) is 0 Å². The van der Waals surface area contributed by atoms with E-state index < -0.39 is 0 Å². The summed E-state index contributed by atoms with van der Waals surface area (Å²) in [5.74, 6) is 0.426. The summed E-state index contributed by atoms with van der Waals surface area (Å²) in [4.78, 5) is 4.05. The van der Waals surface area contributed by atoms with Gasteiger partial charge in [0, 0.05) is 24.9 Å². The number of aromatic nitrogens is 1. The van der Waals surface area contributed by atoms with Crippen molar-refractivity contribution in [1.82, 2.24) is 10.3 Å². The van der Waals surface area contributed by atoms with Crippen LogP contribution in [0.5, 0.6) is 0 Å². The van der Waals surface area contributed by atoms with Crippen molar-refractivity contribution in [3.8, 4) is 0 Å². The molecule has 2 rings (SSSR count). The van der Waals surface area contributed by atoms with Crippen molar-refractivity contribution < 1.29 is 0 Å². The molecule has 1 heterocycles. The summed E-state index contributed by atoms with van der Waals surface area (Å²) >= 11 is 6.24. The Kier molecular flexibility index (Phi) is 5.57. The zero-order chi connectivity index (χ0) is 14.4. The molecule has 0 aliphatic rings. The number of nitrogens with zero attached hydrogens (tertiary/aromatic N) is 1. The molecule has 0 saturated heterocycles. The van der Waals surface area contributed by atoms with Crippen LogP contribution in [-0.4, -0.2) is 18.1 Å². The first-order chi connectivity index (χ1) is 9.70. The fourth-order valence-electron chi connectivity index (χ4n) is 2.39. The van der Waals surface area contributed by atoms with Crippen LogP contribution in [0.4, 0.5) is 0 Å². The van der Waals surface area contributed by atoms with E-state index in [1.54, 1.807) is 6.20 Å². The summed E-state index contributed by atoms with van der Waals surface area (Å²) in [7, 11) is 0. The van der Waals surface area contributed by atoms with Gasteiger partial charge in [-0.2, -0.15) is 0 Å². The Labute approximate surface area is 126 Å². The van der Waals surface area contributed by atoms with Gasteiger partial charge in [-0.3, -0.25) is 4.98 Å². The third-order valence-corrected chi connectivity index (χ3v) is 3.82. The maximum atomic E-state index is 6.24. The minimum absolute atomic E-state index is 0.426. The Morgan fingerprint density at radius 1 is 1.30 bits per heavy atom. The molecule has 0 bridgehead atoms. The Morgan fingerprint density at radius 2 is 2.15 bits per heavy atom. The van der Waals surface area contributed by atoms with Crippen LogP contribution in [0.3, 0.4) is 0 Å². The van der Waals surface area contributed by atoms with Gasteiger partial charge in [0.05, 0.1) is 5.02 Å². The SMILES string of the molecule is CCNCC(Cc1ccncc1Cl)c1cccc(C)c1. The van der Waals surface area contributed by atoms with E-state index in [2.05, 4.69) is 48.4 Å². The van der Waals surface area contributed by atoms with Gasteiger partial charge in [-0.25, -0.2) is 0 Å². The molecule has 3 heteroatoms. The lowest BCUT2D eigenvalue weighted by Crippen LogP contribution is -2.22. The fourth-order valence-corrected chi connectivity index (χ4v) is 2.58. The van der Waals surface area contributed by atoms with Crippen molar-refractivity contribution in [1.29, 1.82) is 0 Å². The molecule has 0 aliphatic carbocycles. The van der Waals surface area contributed by atoms with Crippen LogP contribution in [-0.2, 0) is 6.42 Å². The van der Waals surface area contributed by atoms with E-state index in [1.165, 1.54) is 11.1 Å². The van der Waals surface area contributed by atoms with E-state index in [4.69, 9.17) is 11.6 Å². The van der Waals surface area contributed by atoms with E-state index >= 15 is 0 Å². The van der Waals surface area contributed by atoms with Crippen LogP contribution in [0, 0.1) is 6.92 Å². The number of aryl methyl sites for hydroxylation is 1. The summed E-state index contributed by atoms with van der Waals surface area (Å²) in [6, 6.07) is 10.7. The smallest absolute Gasteiger partial charge is 0.0621 e. The van der Waals surface area contributed by atoms with Gasteiger partial charge >= 0.3 is 0 Å². The first-order valence-electron chi connectivity index (χ1n) is 7.06. The molecule has 1 N–H and O–H groups in total. The average molecular weight is 289 g/mol. The Hall–Kier alpha value is -1.38. The quantitative estimate of drug-likeness (QED) is 0.870. The second-order valence-corrected chi connectivity index (χ2v) is 5.50. The van der Waals surface area contributed by atoms with Crippen molar-refractivity contribution in [3.63, 3.8) is 0 Å². The number of pyridine rings is 1. The Bertz CT molecular complexity index is 554. The highest BCUT2D eigenvalue weighted by molar-refractivity contribution is 6.31. The highest BCUT2D eigenvalue weighted by Gasteiger charge is 2.14. The van der Waals surface area contributed by atoms with E-state index in [1.807, 2.05) is 12.3 Å². The van der Waals surface area contributed by atoms with Gasteiger partial charge in [-0.05, 0) is 37.1 Å². The molecule has 0 radical (unpaired) electrons. The third-order valence-electron chi connectivity index (χ3n) is 3.48. The van der Waals surface area contributed by atoms with Crippen LogP contribution >= 0.6 is 11.6 Å². The third kappa shape index (κ3) is 4.06. The Balaban J connectivity index is 2.21. The molecule has 1 atom stereocenters. The van der Waals surface area contributed by atoms with Crippen molar-refractivity contribution in [2.24, 2.45) is 0 Å². The number of rotatable bonds is 6. The van der Waals surface area contributed by atoms with Crippen molar-refractivity contribution in [3.05, 3.63) is 64.4 Å². The predicted molar refractivity (Wildman–Crippen MR) is 85.4 cm³/mol. The summed E-state index contributed by atoms with van der Waals surface area (Å²) in [5, 5.41) is 4.20. The van der Waals surface area contributed by atoms with Gasteiger partial charge in [0.1, 0.15) is 0 Å². The summed E-state index contributed by atoms with van der Waals surface area (Å²) < 4.78 is 0. The molecule has 1 aromatic carbocycles. The lowest BCUT2D eigenvalue weighted by atomic mass is 9.91. The van der Waals surface area contributed by atoms with E-state index in [0.29, 0.717) is 5.92 Å². The molecule has 2 nitrogen and oxygen atoms in total. The minimum Gasteiger partial charge on any atom is -0.316 e. The number of hydrogen-bond donors (Lipinski definition) is 1. The molecule has 1 unspecified atom stereocenters. The molecular formula is C17H21ClN2. The average Bonchev–Trinajstić information content (AvgIpc) is 2.45. The number of likely N-dealkylation sites (N-methyl/N-ethyl adjacent to an activating group) is 1. The van der Waals surface area contributed by atoms with Crippen LogP contribution in [0.1, 0.15) is 29.5 Å². The van der Waals surface area contributed by atoms with E-state index in [-0.39, 0.29) is 0 Å². The second kappa shape index (κ2) is 7.41. The monoisotopic (exact) mass is 288 g/mol. The number of halogens is 1. The number of hydrogen-bond acceptors (Lipinski definition) is 2. The van der Waals surface area contributed by atoms with Crippen molar-refractivity contribution >= 4 is 11.6 Å². The minimum atomic E-state index is 0.426. The van der Waals surface area contributed by atoms with Gasteiger partial charge in [-0.15, -0.1) is 0 Å². The van der Waals surface area contributed by atoms with Gasteiger partial charge in [0.15, 0.2) is 0 Å². The van der Waals surface area contributed by atoms with Crippen molar-refractivity contribution in [2.45, 2.75) is 26.2 Å². The second-order valence-electron chi connectivity index (χ2n) is 5.09. The van der Waals surface area contributed by atoms with Gasteiger partial charge < -0.3 is 5.32 Å².